The number of carbonyl (C=O) groups is 1. The first-order valence-corrected chi connectivity index (χ1v) is 8.58. The summed E-state index contributed by atoms with van der Waals surface area (Å²) in [5.74, 6) is 0.164. The lowest BCUT2D eigenvalue weighted by Gasteiger charge is -2.35. The summed E-state index contributed by atoms with van der Waals surface area (Å²) < 4.78 is 1.80. The number of aromatic nitrogens is 2. The molecule has 2 aromatic rings. The second-order valence-corrected chi connectivity index (χ2v) is 6.67. The van der Waals surface area contributed by atoms with Gasteiger partial charge in [0.2, 0.25) is 5.91 Å². The van der Waals surface area contributed by atoms with Crippen molar-refractivity contribution < 1.29 is 4.79 Å². The van der Waals surface area contributed by atoms with E-state index in [9.17, 15) is 4.79 Å². The molecule has 0 atom stereocenters. The number of piperazine rings is 1. The SMILES string of the molecule is Cc1cc(C)n(CC(=O)N2CCN(Cc3ccccc3C)CC2)n1. The molecule has 1 fully saturated rings. The van der Waals surface area contributed by atoms with Crippen molar-refractivity contribution in [2.45, 2.75) is 33.9 Å². The molecule has 1 amide bonds. The highest BCUT2D eigenvalue weighted by atomic mass is 16.2. The van der Waals surface area contributed by atoms with Crippen molar-refractivity contribution >= 4 is 5.91 Å². The number of rotatable bonds is 4. The molecule has 0 unspecified atom stereocenters. The Hall–Kier alpha value is -2.14. The fraction of sp³-hybridized carbons (Fsp3) is 0.474. The van der Waals surface area contributed by atoms with Gasteiger partial charge in [-0.1, -0.05) is 24.3 Å². The van der Waals surface area contributed by atoms with Crippen molar-refractivity contribution in [3.05, 3.63) is 52.8 Å². The Balaban J connectivity index is 1.52. The van der Waals surface area contributed by atoms with Crippen molar-refractivity contribution in [3.8, 4) is 0 Å². The van der Waals surface area contributed by atoms with Crippen LogP contribution in [0.3, 0.4) is 0 Å². The summed E-state index contributed by atoms with van der Waals surface area (Å²) >= 11 is 0. The van der Waals surface area contributed by atoms with E-state index in [-0.39, 0.29) is 5.91 Å². The van der Waals surface area contributed by atoms with Crippen LogP contribution in [0.1, 0.15) is 22.5 Å². The lowest BCUT2D eigenvalue weighted by molar-refractivity contribution is -0.133. The maximum absolute atomic E-state index is 12.5. The second-order valence-electron chi connectivity index (χ2n) is 6.67. The summed E-state index contributed by atoms with van der Waals surface area (Å²) in [6.45, 7) is 10.9. The average Bonchev–Trinajstić information content (AvgIpc) is 2.88. The fourth-order valence-electron chi connectivity index (χ4n) is 3.25. The first-order valence-electron chi connectivity index (χ1n) is 8.58. The number of hydrogen-bond acceptors (Lipinski definition) is 3. The molecular weight excluding hydrogens is 300 g/mol. The Morgan fingerprint density at radius 2 is 1.79 bits per heavy atom. The van der Waals surface area contributed by atoms with Crippen molar-refractivity contribution in [2.75, 3.05) is 26.2 Å². The molecule has 0 aliphatic carbocycles. The molecule has 0 spiro atoms. The predicted octanol–water partition coefficient (Wildman–Crippen LogP) is 2.15. The van der Waals surface area contributed by atoms with Crippen LogP contribution in [0.15, 0.2) is 30.3 Å². The Kier molecular flexibility index (Phi) is 5.00. The molecule has 1 aliphatic heterocycles. The maximum atomic E-state index is 12.5. The predicted molar refractivity (Wildman–Crippen MR) is 94.7 cm³/mol. The topological polar surface area (TPSA) is 41.4 Å². The van der Waals surface area contributed by atoms with Gasteiger partial charge in [-0.3, -0.25) is 14.4 Å². The van der Waals surface area contributed by atoms with Gasteiger partial charge in [0.25, 0.3) is 0 Å². The van der Waals surface area contributed by atoms with Gasteiger partial charge in [0.15, 0.2) is 0 Å². The second kappa shape index (κ2) is 7.18. The van der Waals surface area contributed by atoms with Gasteiger partial charge in [-0.05, 0) is 38.0 Å². The number of hydrogen-bond donors (Lipinski definition) is 0. The molecule has 5 heteroatoms. The summed E-state index contributed by atoms with van der Waals surface area (Å²) in [5, 5.41) is 4.38. The molecule has 0 N–H and O–H groups in total. The molecule has 0 radical (unpaired) electrons. The molecule has 1 aromatic heterocycles. The van der Waals surface area contributed by atoms with Crippen LogP contribution < -0.4 is 0 Å². The van der Waals surface area contributed by atoms with E-state index in [2.05, 4.69) is 41.2 Å². The first kappa shape index (κ1) is 16.7. The molecule has 2 heterocycles. The molecule has 1 aliphatic rings. The zero-order chi connectivity index (χ0) is 17.1. The third-order valence-electron chi connectivity index (χ3n) is 4.77. The van der Waals surface area contributed by atoms with Crippen LogP contribution in [0, 0.1) is 20.8 Å². The van der Waals surface area contributed by atoms with Gasteiger partial charge >= 0.3 is 0 Å². The minimum Gasteiger partial charge on any atom is -0.339 e. The first-order chi connectivity index (χ1) is 11.5. The van der Waals surface area contributed by atoms with Gasteiger partial charge in [0.1, 0.15) is 6.54 Å². The third-order valence-corrected chi connectivity index (χ3v) is 4.77. The van der Waals surface area contributed by atoms with Crippen molar-refractivity contribution in [1.29, 1.82) is 0 Å². The standard InChI is InChI=1S/C19H26N4O/c1-15-6-4-5-7-18(15)13-21-8-10-22(11-9-21)19(24)14-23-17(3)12-16(2)20-23/h4-7,12H,8-11,13-14H2,1-3H3. The van der Waals surface area contributed by atoms with Crippen LogP contribution >= 0.6 is 0 Å². The molecule has 3 rings (SSSR count). The van der Waals surface area contributed by atoms with Gasteiger partial charge in [-0.2, -0.15) is 5.10 Å². The molecule has 0 bridgehead atoms. The lowest BCUT2D eigenvalue weighted by atomic mass is 10.1. The number of amides is 1. The monoisotopic (exact) mass is 326 g/mol. The Labute approximate surface area is 143 Å². The average molecular weight is 326 g/mol. The van der Waals surface area contributed by atoms with Gasteiger partial charge in [0.05, 0.1) is 5.69 Å². The molecular formula is C19H26N4O. The van der Waals surface area contributed by atoms with E-state index in [1.807, 2.05) is 24.8 Å². The zero-order valence-electron chi connectivity index (χ0n) is 14.8. The smallest absolute Gasteiger partial charge is 0.244 e. The summed E-state index contributed by atoms with van der Waals surface area (Å²) in [4.78, 5) is 16.9. The van der Waals surface area contributed by atoms with Crippen LogP contribution in [0.25, 0.3) is 0 Å². The van der Waals surface area contributed by atoms with Crippen LogP contribution in [0.4, 0.5) is 0 Å². The number of nitrogens with zero attached hydrogens (tertiary/aromatic N) is 4. The van der Waals surface area contributed by atoms with Crippen LogP contribution in [-0.2, 0) is 17.9 Å². The number of aryl methyl sites for hydroxylation is 3. The van der Waals surface area contributed by atoms with Gasteiger partial charge in [0, 0.05) is 38.4 Å². The normalized spacial score (nSPS) is 15.7. The highest BCUT2D eigenvalue weighted by Crippen LogP contribution is 2.13. The molecule has 5 nitrogen and oxygen atoms in total. The number of carbonyl (C=O) groups excluding carboxylic acids is 1. The minimum atomic E-state index is 0.164. The van der Waals surface area contributed by atoms with E-state index in [0.29, 0.717) is 6.54 Å². The van der Waals surface area contributed by atoms with E-state index in [1.165, 1.54) is 11.1 Å². The summed E-state index contributed by atoms with van der Waals surface area (Å²) in [6, 6.07) is 10.5. The third kappa shape index (κ3) is 3.85. The van der Waals surface area contributed by atoms with Crippen LogP contribution in [0.2, 0.25) is 0 Å². The van der Waals surface area contributed by atoms with Crippen molar-refractivity contribution in [3.63, 3.8) is 0 Å². The van der Waals surface area contributed by atoms with Gasteiger partial charge < -0.3 is 4.90 Å². The highest BCUT2D eigenvalue weighted by molar-refractivity contribution is 5.76. The maximum Gasteiger partial charge on any atom is 0.244 e. The summed E-state index contributed by atoms with van der Waals surface area (Å²) in [5.41, 5.74) is 4.71. The van der Waals surface area contributed by atoms with Crippen molar-refractivity contribution in [2.24, 2.45) is 0 Å². The van der Waals surface area contributed by atoms with Gasteiger partial charge in [-0.15, -0.1) is 0 Å². The minimum absolute atomic E-state index is 0.164. The Morgan fingerprint density at radius 1 is 1.08 bits per heavy atom. The molecule has 1 aromatic carbocycles. The highest BCUT2D eigenvalue weighted by Gasteiger charge is 2.22. The Morgan fingerprint density at radius 3 is 2.42 bits per heavy atom. The quantitative estimate of drug-likeness (QED) is 0.864. The summed E-state index contributed by atoms with van der Waals surface area (Å²) in [7, 11) is 0. The molecule has 1 saturated heterocycles. The molecule has 24 heavy (non-hydrogen) atoms. The zero-order valence-corrected chi connectivity index (χ0v) is 14.8. The fourth-order valence-corrected chi connectivity index (χ4v) is 3.25. The summed E-state index contributed by atoms with van der Waals surface area (Å²) in [6.07, 6.45) is 0. The lowest BCUT2D eigenvalue weighted by Crippen LogP contribution is -2.49. The molecule has 128 valence electrons. The van der Waals surface area contributed by atoms with E-state index in [4.69, 9.17) is 0 Å². The van der Waals surface area contributed by atoms with E-state index in [0.717, 1.165) is 44.1 Å². The Bertz CT molecular complexity index is 714. The van der Waals surface area contributed by atoms with Crippen LogP contribution in [-0.4, -0.2) is 51.7 Å². The van der Waals surface area contributed by atoms with Gasteiger partial charge in [-0.25, -0.2) is 0 Å². The van der Waals surface area contributed by atoms with Crippen molar-refractivity contribution in [1.82, 2.24) is 19.6 Å². The van der Waals surface area contributed by atoms with Crippen LogP contribution in [0.5, 0.6) is 0 Å². The molecule has 0 saturated carbocycles. The van der Waals surface area contributed by atoms with E-state index < -0.39 is 0 Å². The largest absolute Gasteiger partial charge is 0.339 e. The van der Waals surface area contributed by atoms with E-state index >= 15 is 0 Å². The van der Waals surface area contributed by atoms with E-state index in [1.54, 1.807) is 4.68 Å². The number of benzene rings is 1.